The van der Waals surface area contributed by atoms with E-state index in [0.29, 0.717) is 12.3 Å². The van der Waals surface area contributed by atoms with Crippen LogP contribution in [0.25, 0.3) is 10.9 Å². The number of amides is 1. The predicted octanol–water partition coefficient (Wildman–Crippen LogP) is 2.43. The van der Waals surface area contributed by atoms with E-state index in [0.717, 1.165) is 29.7 Å². The van der Waals surface area contributed by atoms with Gasteiger partial charge in [-0.25, -0.2) is 9.52 Å². The average molecular weight is 436 g/mol. The Morgan fingerprint density at radius 3 is 2.57 bits per heavy atom. The summed E-state index contributed by atoms with van der Waals surface area (Å²) >= 11 is 0. The van der Waals surface area contributed by atoms with Crippen LogP contribution in [0.3, 0.4) is 0 Å². The van der Waals surface area contributed by atoms with Crippen LogP contribution in [0.4, 0.5) is 10.5 Å². The number of hydrogen-bond donors (Lipinski definition) is 2. The van der Waals surface area contributed by atoms with Crippen LogP contribution in [-0.4, -0.2) is 49.9 Å². The highest BCUT2D eigenvalue weighted by Gasteiger charge is 2.29. The van der Waals surface area contributed by atoms with E-state index in [4.69, 9.17) is 4.74 Å². The molecule has 1 amide bonds. The molecule has 0 saturated carbocycles. The van der Waals surface area contributed by atoms with E-state index in [1.165, 1.54) is 11.1 Å². The smallest absolute Gasteiger partial charge is 0.422 e. The summed E-state index contributed by atoms with van der Waals surface area (Å²) in [7, 11) is -3.94. The molecule has 0 unspecified atom stereocenters. The van der Waals surface area contributed by atoms with Crippen LogP contribution in [0.5, 0.6) is 0 Å². The van der Waals surface area contributed by atoms with E-state index < -0.39 is 21.9 Å². The standard InChI is InChI=1S/C20H29N5O4S/c1-13-8-16-17(9-14(13)2)23-21-10-18(16)25-11-15(12-25)6-7-22-30(27,28)24-19(26)29-20(3,4)5/h8-10,15,22H,6-7,11-12H2,1-5H3,(H,24,26). The van der Waals surface area contributed by atoms with Gasteiger partial charge >= 0.3 is 16.3 Å². The number of ether oxygens (including phenoxy) is 1. The van der Waals surface area contributed by atoms with Crippen LogP contribution >= 0.6 is 0 Å². The third-order valence-electron chi connectivity index (χ3n) is 4.99. The minimum absolute atomic E-state index is 0.240. The molecule has 9 nitrogen and oxygen atoms in total. The molecule has 10 heteroatoms. The molecule has 1 saturated heterocycles. The van der Waals surface area contributed by atoms with Gasteiger partial charge in [-0.1, -0.05) is 0 Å². The normalized spacial score (nSPS) is 15.2. The Kier molecular flexibility index (Phi) is 6.19. The molecule has 1 aromatic heterocycles. The van der Waals surface area contributed by atoms with E-state index in [9.17, 15) is 13.2 Å². The summed E-state index contributed by atoms with van der Waals surface area (Å²) in [6.45, 7) is 11.0. The Bertz CT molecular complexity index is 1040. The van der Waals surface area contributed by atoms with Crippen LogP contribution in [0, 0.1) is 19.8 Å². The Balaban J connectivity index is 1.50. The van der Waals surface area contributed by atoms with E-state index in [-0.39, 0.29) is 6.54 Å². The number of nitrogens with one attached hydrogen (secondary N) is 2. The van der Waals surface area contributed by atoms with Gasteiger partial charge < -0.3 is 9.64 Å². The quantitative estimate of drug-likeness (QED) is 0.716. The van der Waals surface area contributed by atoms with Gasteiger partial charge in [-0.15, -0.1) is 0 Å². The van der Waals surface area contributed by atoms with Crippen molar-refractivity contribution in [2.45, 2.75) is 46.6 Å². The van der Waals surface area contributed by atoms with Crippen LogP contribution < -0.4 is 14.3 Å². The SMILES string of the molecule is Cc1cc2nncc(N3CC(CCNS(=O)(=O)NC(=O)OC(C)(C)C)C3)c2cc1C. The molecule has 2 aromatic rings. The van der Waals surface area contributed by atoms with Gasteiger partial charge in [0.05, 0.1) is 17.4 Å². The summed E-state index contributed by atoms with van der Waals surface area (Å²) in [4.78, 5) is 13.8. The first-order valence-corrected chi connectivity index (χ1v) is 11.4. The van der Waals surface area contributed by atoms with Crippen molar-refractivity contribution in [3.63, 3.8) is 0 Å². The van der Waals surface area contributed by atoms with Gasteiger partial charge in [0.25, 0.3) is 0 Å². The molecule has 1 aromatic carbocycles. The highest BCUT2D eigenvalue weighted by Crippen LogP contribution is 2.32. The summed E-state index contributed by atoms with van der Waals surface area (Å²) < 4.78 is 33.1. The number of nitrogens with zero attached hydrogens (tertiary/aromatic N) is 3. The molecule has 0 aliphatic carbocycles. The van der Waals surface area contributed by atoms with Crippen molar-refractivity contribution in [2.75, 3.05) is 24.5 Å². The Hall–Kier alpha value is -2.46. The van der Waals surface area contributed by atoms with Gasteiger partial charge in [0.15, 0.2) is 0 Å². The minimum atomic E-state index is -3.94. The number of aromatic nitrogens is 2. The third kappa shape index (κ3) is 5.57. The molecule has 0 radical (unpaired) electrons. The average Bonchev–Trinajstić information content (AvgIpc) is 2.55. The molecule has 1 aliphatic rings. The van der Waals surface area contributed by atoms with Gasteiger partial charge in [0.2, 0.25) is 0 Å². The number of aryl methyl sites for hydroxylation is 2. The van der Waals surface area contributed by atoms with E-state index in [2.05, 4.69) is 39.7 Å². The van der Waals surface area contributed by atoms with Gasteiger partial charge in [0, 0.05) is 25.0 Å². The number of hydrogen-bond acceptors (Lipinski definition) is 7. The zero-order chi connectivity index (χ0) is 22.1. The maximum Gasteiger partial charge on any atom is 0.422 e. The van der Waals surface area contributed by atoms with Crippen LogP contribution in [0.15, 0.2) is 18.3 Å². The van der Waals surface area contributed by atoms with Crippen molar-refractivity contribution in [3.05, 3.63) is 29.5 Å². The number of rotatable bonds is 6. The lowest BCUT2D eigenvalue weighted by Gasteiger charge is -2.41. The number of benzene rings is 1. The van der Waals surface area contributed by atoms with Crippen molar-refractivity contribution < 1.29 is 17.9 Å². The second-order valence-electron chi connectivity index (χ2n) is 8.74. The molecule has 0 bridgehead atoms. The zero-order valence-electron chi connectivity index (χ0n) is 18.0. The monoisotopic (exact) mass is 435 g/mol. The lowest BCUT2D eigenvalue weighted by Crippen LogP contribution is -2.49. The third-order valence-corrected chi connectivity index (χ3v) is 6.01. The minimum Gasteiger partial charge on any atom is -0.443 e. The first-order valence-electron chi connectivity index (χ1n) is 9.91. The fraction of sp³-hybridized carbons (Fsp3) is 0.550. The lowest BCUT2D eigenvalue weighted by molar-refractivity contribution is 0.0569. The number of fused-ring (bicyclic) bond motifs is 1. The Labute approximate surface area is 177 Å². The maximum atomic E-state index is 12.0. The Morgan fingerprint density at radius 1 is 1.23 bits per heavy atom. The molecular weight excluding hydrogens is 406 g/mol. The fourth-order valence-corrected chi connectivity index (χ4v) is 4.07. The van der Waals surface area contributed by atoms with Gasteiger partial charge in [-0.05, 0) is 70.2 Å². The highest BCUT2D eigenvalue weighted by molar-refractivity contribution is 7.88. The molecule has 1 aliphatic heterocycles. The topological polar surface area (TPSA) is 114 Å². The second-order valence-corrected chi connectivity index (χ2v) is 10.2. The molecule has 3 rings (SSSR count). The summed E-state index contributed by atoms with van der Waals surface area (Å²) in [5, 5.41) is 9.43. The van der Waals surface area contributed by atoms with Crippen LogP contribution in [0.2, 0.25) is 0 Å². The molecular formula is C20H29N5O4S. The summed E-state index contributed by atoms with van der Waals surface area (Å²) in [6.07, 6.45) is 1.45. The van der Waals surface area contributed by atoms with E-state index >= 15 is 0 Å². The number of carbonyl (C=O) groups excluding carboxylic acids is 1. The number of anilines is 1. The maximum absolute atomic E-state index is 12.0. The van der Waals surface area contributed by atoms with Crippen molar-refractivity contribution in [3.8, 4) is 0 Å². The molecule has 30 heavy (non-hydrogen) atoms. The lowest BCUT2D eigenvalue weighted by atomic mass is 9.95. The first kappa shape index (κ1) is 22.2. The van der Waals surface area contributed by atoms with E-state index in [1.54, 1.807) is 27.0 Å². The largest absolute Gasteiger partial charge is 0.443 e. The van der Waals surface area contributed by atoms with Crippen LogP contribution in [-0.2, 0) is 14.9 Å². The number of carbonyl (C=O) groups is 1. The van der Waals surface area contributed by atoms with Crippen molar-refractivity contribution in [1.29, 1.82) is 0 Å². The molecule has 0 spiro atoms. The summed E-state index contributed by atoms with van der Waals surface area (Å²) in [6, 6.07) is 4.18. The zero-order valence-corrected chi connectivity index (χ0v) is 18.8. The second kappa shape index (κ2) is 8.35. The molecule has 164 valence electrons. The summed E-state index contributed by atoms with van der Waals surface area (Å²) in [5.41, 5.74) is 3.55. The predicted molar refractivity (Wildman–Crippen MR) is 116 cm³/mol. The van der Waals surface area contributed by atoms with E-state index in [1.807, 2.05) is 10.8 Å². The van der Waals surface area contributed by atoms with Crippen LogP contribution in [0.1, 0.15) is 38.3 Å². The van der Waals surface area contributed by atoms with Gasteiger partial charge in [0.1, 0.15) is 5.60 Å². The molecule has 0 atom stereocenters. The van der Waals surface area contributed by atoms with Crippen molar-refractivity contribution >= 4 is 32.9 Å². The summed E-state index contributed by atoms with van der Waals surface area (Å²) in [5.74, 6) is 0.351. The molecule has 1 fully saturated rings. The molecule has 2 heterocycles. The van der Waals surface area contributed by atoms with Gasteiger partial charge in [-0.2, -0.15) is 23.3 Å². The molecule has 2 N–H and O–H groups in total. The highest BCUT2D eigenvalue weighted by atomic mass is 32.2. The fourth-order valence-electron chi connectivity index (χ4n) is 3.35. The van der Waals surface area contributed by atoms with Crippen molar-refractivity contribution in [2.24, 2.45) is 5.92 Å². The van der Waals surface area contributed by atoms with Gasteiger partial charge in [-0.3, -0.25) is 0 Å². The van der Waals surface area contributed by atoms with Crippen molar-refractivity contribution in [1.82, 2.24) is 19.6 Å². The Morgan fingerprint density at radius 2 is 1.90 bits per heavy atom. The first-order chi connectivity index (χ1) is 13.9.